The molecule has 0 aliphatic carbocycles. The lowest BCUT2D eigenvalue weighted by Gasteiger charge is -2.54. The molecule has 0 amide bonds. The molecule has 0 spiro atoms. The maximum Gasteiger partial charge on any atom is 0.214 e. The SMILES string of the molecule is C1CN2CCN3CCN4CCN1C2C43.C1CN2CCNCCN(CCN1)CC2.CN1CCN2CCN(C)CCN(CC1)CC2.C[N+]12CCN3CC[N+]4(C)CCN(CC1)C4C32. The van der Waals surface area contributed by atoms with Gasteiger partial charge in [-0.25, -0.2) is 9.80 Å². The van der Waals surface area contributed by atoms with Gasteiger partial charge in [-0.3, -0.25) is 39.2 Å². The molecule has 12 aliphatic heterocycles. The van der Waals surface area contributed by atoms with Crippen LogP contribution in [0.1, 0.15) is 0 Å². The van der Waals surface area contributed by atoms with Crippen molar-refractivity contribution in [3.8, 4) is 0 Å². The van der Waals surface area contributed by atoms with E-state index in [-0.39, 0.29) is 0 Å². The van der Waals surface area contributed by atoms with Crippen molar-refractivity contribution >= 4 is 0 Å². The Hall–Kier alpha value is -0.640. The average Bonchev–Trinajstić information content (AvgIpc) is 4.06. The summed E-state index contributed by atoms with van der Waals surface area (Å²) < 4.78 is 2.66. The van der Waals surface area contributed by atoms with E-state index in [1.54, 1.807) is 0 Å². The first-order valence-electron chi connectivity index (χ1n) is 25.1. The first kappa shape index (κ1) is 44.6. The predicted molar refractivity (Wildman–Crippen MR) is 243 cm³/mol. The summed E-state index contributed by atoms with van der Waals surface area (Å²) in [6.45, 7) is 45.5. The van der Waals surface area contributed by atoms with Crippen LogP contribution in [0, 0.1) is 0 Å². The summed E-state index contributed by atoms with van der Waals surface area (Å²) in [7, 11) is 9.49. The van der Waals surface area contributed by atoms with Gasteiger partial charge in [0.15, 0.2) is 0 Å². The summed E-state index contributed by atoms with van der Waals surface area (Å²) in [5.41, 5.74) is 0. The van der Waals surface area contributed by atoms with Crippen LogP contribution in [0.2, 0.25) is 0 Å². The summed E-state index contributed by atoms with van der Waals surface area (Å²) in [4.78, 5) is 31.6. The Balaban J connectivity index is 0.000000103. The van der Waals surface area contributed by atoms with Gasteiger partial charge in [0.05, 0.1) is 78.8 Å². The largest absolute Gasteiger partial charge is 0.314 e. The van der Waals surface area contributed by atoms with E-state index >= 15 is 0 Å². The lowest BCUT2D eigenvalue weighted by molar-refractivity contribution is -1.01. The number of hydrogen-bond donors (Lipinski definition) is 2. The molecule has 4 bridgehead atoms. The molecule has 344 valence electrons. The second kappa shape index (κ2) is 20.3. The van der Waals surface area contributed by atoms with Crippen molar-refractivity contribution in [1.82, 2.24) is 69.4 Å². The zero-order valence-corrected chi connectivity index (χ0v) is 39.0. The van der Waals surface area contributed by atoms with Crippen molar-refractivity contribution in [3.05, 3.63) is 0 Å². The van der Waals surface area contributed by atoms with Crippen LogP contribution in [0.15, 0.2) is 0 Å². The lowest BCUT2D eigenvalue weighted by atomic mass is 10.1. The van der Waals surface area contributed by atoms with Gasteiger partial charge in [0.2, 0.25) is 12.3 Å². The highest BCUT2D eigenvalue weighted by atomic mass is 15.7. The van der Waals surface area contributed by atoms with Gasteiger partial charge in [0.25, 0.3) is 0 Å². The van der Waals surface area contributed by atoms with Gasteiger partial charge < -0.3 is 29.4 Å². The Morgan fingerprint density at radius 2 is 0.550 bits per heavy atom. The van der Waals surface area contributed by atoms with E-state index in [2.05, 4.69) is 97.6 Å². The first-order valence-corrected chi connectivity index (χ1v) is 25.1. The fraction of sp³-hybridized carbons (Fsp3) is 1.00. The second-order valence-electron chi connectivity index (χ2n) is 21.2. The lowest BCUT2D eigenvalue weighted by Crippen LogP contribution is -2.76. The molecule has 12 heterocycles. The normalized spacial score (nSPS) is 43.4. The van der Waals surface area contributed by atoms with E-state index in [1.165, 1.54) is 218 Å². The van der Waals surface area contributed by atoms with Crippen molar-refractivity contribution in [2.75, 3.05) is 264 Å². The molecule has 0 aromatic heterocycles. The van der Waals surface area contributed by atoms with Crippen LogP contribution < -0.4 is 10.6 Å². The Bertz CT molecular complexity index is 1200. The number of rotatable bonds is 0. The van der Waals surface area contributed by atoms with Crippen LogP contribution in [0.5, 0.6) is 0 Å². The molecular weight excluding hydrogens is 753 g/mol. The molecule has 2 N–H and O–H groups in total. The molecule has 60 heavy (non-hydrogen) atoms. The molecule has 0 aromatic carbocycles. The van der Waals surface area contributed by atoms with Crippen LogP contribution in [0.4, 0.5) is 0 Å². The molecule has 16 heteroatoms. The Morgan fingerprint density at radius 3 is 0.833 bits per heavy atom. The molecule has 2 atom stereocenters. The van der Waals surface area contributed by atoms with Gasteiger partial charge >= 0.3 is 0 Å². The van der Waals surface area contributed by atoms with Crippen LogP contribution in [-0.4, -0.2) is 356 Å². The molecule has 0 radical (unpaired) electrons. The van der Waals surface area contributed by atoms with Crippen molar-refractivity contribution in [1.29, 1.82) is 0 Å². The van der Waals surface area contributed by atoms with E-state index in [1.807, 2.05) is 0 Å². The van der Waals surface area contributed by atoms with Crippen molar-refractivity contribution < 1.29 is 8.97 Å². The molecule has 12 saturated heterocycles. The number of nitrogens with zero attached hydrogens (tertiary/aromatic N) is 14. The van der Waals surface area contributed by atoms with E-state index < -0.39 is 0 Å². The topological polar surface area (TPSA) is 62.9 Å². The molecular formula is C44H90N16+2. The van der Waals surface area contributed by atoms with E-state index in [0.29, 0.717) is 0 Å². The zero-order chi connectivity index (χ0) is 41.1. The quantitative estimate of drug-likeness (QED) is 0.236. The third-order valence-electron chi connectivity index (χ3n) is 17.4. The van der Waals surface area contributed by atoms with Gasteiger partial charge in [-0.2, -0.15) is 0 Å². The number of piperazine rings is 4. The van der Waals surface area contributed by atoms with Gasteiger partial charge in [-0.1, -0.05) is 0 Å². The summed E-state index contributed by atoms with van der Waals surface area (Å²) >= 11 is 0. The summed E-state index contributed by atoms with van der Waals surface area (Å²) in [6, 6.07) is 0. The highest BCUT2D eigenvalue weighted by molar-refractivity contribution is 5.02. The molecule has 2 unspecified atom stereocenters. The van der Waals surface area contributed by atoms with Crippen molar-refractivity contribution in [3.63, 3.8) is 0 Å². The Labute approximate surface area is 366 Å². The number of quaternary nitrogens is 2. The molecule has 12 aliphatic rings. The van der Waals surface area contributed by atoms with Gasteiger partial charge in [-0.15, -0.1) is 0 Å². The fourth-order valence-corrected chi connectivity index (χ4v) is 13.1. The Morgan fingerprint density at radius 1 is 0.300 bits per heavy atom. The van der Waals surface area contributed by atoms with E-state index in [4.69, 9.17) is 0 Å². The molecule has 16 nitrogen and oxygen atoms in total. The van der Waals surface area contributed by atoms with Gasteiger partial charge in [-0.05, 0) is 14.1 Å². The number of nitrogens with one attached hydrogen (secondary N) is 2. The van der Waals surface area contributed by atoms with E-state index in [0.717, 1.165) is 50.8 Å². The summed E-state index contributed by atoms with van der Waals surface area (Å²) in [5.74, 6) is 0. The maximum atomic E-state index is 3.50. The molecule has 12 rings (SSSR count). The monoisotopic (exact) mass is 843 g/mol. The minimum Gasteiger partial charge on any atom is -0.314 e. The average molecular weight is 843 g/mol. The third kappa shape index (κ3) is 10.2. The highest BCUT2D eigenvalue weighted by Gasteiger charge is 2.64. The highest BCUT2D eigenvalue weighted by Crippen LogP contribution is 2.40. The molecule has 0 saturated carbocycles. The van der Waals surface area contributed by atoms with Gasteiger partial charge in [0, 0.05) is 183 Å². The minimum atomic E-state index is 0.736. The summed E-state index contributed by atoms with van der Waals surface area (Å²) in [5, 5.41) is 7.00. The maximum absolute atomic E-state index is 3.50. The minimum absolute atomic E-state index is 0.736. The predicted octanol–water partition coefficient (Wildman–Crippen LogP) is -3.63. The third-order valence-corrected chi connectivity index (χ3v) is 17.4. The van der Waals surface area contributed by atoms with Crippen LogP contribution in [0.3, 0.4) is 0 Å². The van der Waals surface area contributed by atoms with Gasteiger partial charge in [0.1, 0.15) is 0 Å². The van der Waals surface area contributed by atoms with Crippen LogP contribution >= 0.6 is 0 Å². The standard InChI is InChI=1S/C12H24N4.C12H26N4.C10H18N4.C10H22N4/c1-15-7-3-13-6-10-16(2)8-4-14(5-9-15)12(16)11(13)15;1-13-3-7-15-9-5-14(2)6-10-16(8-4-13)12-11-15;1-2-12-7-8-14-4-3-13-6-5-11(1)9(12)10(13)14;1-5-13-7-3-12-4-8-14(10-9-13)6-2-11-1/h11-12H,3-10H2,1-2H3;3-12H2,1-2H3;9-10H,1-8H2;11-12H,1-10H2/q+2;;;. The second-order valence-corrected chi connectivity index (χ2v) is 21.2. The first-order chi connectivity index (χ1) is 29.2. The van der Waals surface area contributed by atoms with Crippen molar-refractivity contribution in [2.24, 2.45) is 0 Å². The molecule has 12 fully saturated rings. The summed E-state index contributed by atoms with van der Waals surface area (Å²) in [6.07, 6.45) is 3.07. The Kier molecular flexibility index (Phi) is 15.0. The van der Waals surface area contributed by atoms with E-state index in [9.17, 15) is 0 Å². The number of likely N-dealkylation sites (N-methyl/N-ethyl adjacent to an activating group) is 4. The zero-order valence-electron chi connectivity index (χ0n) is 39.0. The fourth-order valence-electron chi connectivity index (χ4n) is 13.1. The number of hydrogen-bond acceptors (Lipinski definition) is 14. The number of fused-ring (bicyclic) bond motifs is 6. The smallest absolute Gasteiger partial charge is 0.214 e. The van der Waals surface area contributed by atoms with Crippen LogP contribution in [-0.2, 0) is 0 Å². The van der Waals surface area contributed by atoms with Crippen LogP contribution in [0.25, 0.3) is 0 Å². The van der Waals surface area contributed by atoms with Crippen molar-refractivity contribution in [2.45, 2.75) is 24.7 Å². The molecule has 0 aromatic rings.